The molecule has 0 unspecified atom stereocenters. The fourth-order valence-electron chi connectivity index (χ4n) is 1.84. The molecule has 0 radical (unpaired) electrons. The van der Waals surface area contributed by atoms with Gasteiger partial charge in [-0.15, -0.1) is 0 Å². The third-order valence-electron chi connectivity index (χ3n) is 3.08. The SMILES string of the molecule is O=C(CCNC(=O)Oc1ccccc1)OCC(=O)c1ccc(Br)cc1. The summed E-state index contributed by atoms with van der Waals surface area (Å²) in [5.41, 5.74) is 0.459. The van der Waals surface area contributed by atoms with Gasteiger partial charge in [-0.25, -0.2) is 4.79 Å². The quantitative estimate of drug-likeness (QED) is 0.564. The Bertz CT molecular complexity index is 731. The molecule has 2 aromatic rings. The van der Waals surface area contributed by atoms with E-state index in [1.54, 1.807) is 54.6 Å². The van der Waals surface area contributed by atoms with Crippen molar-refractivity contribution in [2.24, 2.45) is 0 Å². The van der Waals surface area contributed by atoms with Crippen LogP contribution in [0.2, 0.25) is 0 Å². The summed E-state index contributed by atoms with van der Waals surface area (Å²) in [6.45, 7) is -0.286. The van der Waals surface area contributed by atoms with Crippen LogP contribution in [0.4, 0.5) is 4.79 Å². The van der Waals surface area contributed by atoms with Crippen LogP contribution >= 0.6 is 15.9 Å². The van der Waals surface area contributed by atoms with Gasteiger partial charge in [-0.1, -0.05) is 46.3 Å². The summed E-state index contributed by atoms with van der Waals surface area (Å²) < 4.78 is 10.8. The van der Waals surface area contributed by atoms with Crippen molar-refractivity contribution >= 4 is 33.8 Å². The highest BCUT2D eigenvalue weighted by molar-refractivity contribution is 9.10. The molecule has 0 aliphatic heterocycles. The van der Waals surface area contributed by atoms with E-state index in [1.807, 2.05) is 0 Å². The Labute approximate surface area is 153 Å². The van der Waals surface area contributed by atoms with Crippen molar-refractivity contribution in [2.45, 2.75) is 6.42 Å². The van der Waals surface area contributed by atoms with Crippen molar-refractivity contribution in [3.63, 3.8) is 0 Å². The average Bonchev–Trinajstić information content (AvgIpc) is 2.61. The van der Waals surface area contributed by atoms with Crippen LogP contribution in [0, 0.1) is 0 Å². The molecule has 0 spiro atoms. The Morgan fingerprint density at radius 3 is 2.32 bits per heavy atom. The van der Waals surface area contributed by atoms with Crippen LogP contribution in [0.25, 0.3) is 0 Å². The van der Waals surface area contributed by atoms with Gasteiger partial charge >= 0.3 is 12.1 Å². The van der Waals surface area contributed by atoms with Gasteiger partial charge in [0.05, 0.1) is 6.42 Å². The summed E-state index contributed by atoms with van der Waals surface area (Å²) in [6, 6.07) is 15.3. The molecule has 7 heteroatoms. The van der Waals surface area contributed by atoms with Crippen molar-refractivity contribution in [3.05, 3.63) is 64.6 Å². The molecule has 1 amide bonds. The van der Waals surface area contributed by atoms with Crippen molar-refractivity contribution in [1.82, 2.24) is 5.32 Å². The monoisotopic (exact) mass is 405 g/mol. The van der Waals surface area contributed by atoms with Gasteiger partial charge in [-0.05, 0) is 24.3 Å². The van der Waals surface area contributed by atoms with Crippen molar-refractivity contribution in [3.8, 4) is 5.75 Å². The second kappa shape index (κ2) is 9.58. The van der Waals surface area contributed by atoms with E-state index >= 15 is 0 Å². The molecule has 2 aromatic carbocycles. The first-order valence-electron chi connectivity index (χ1n) is 7.50. The molecule has 0 aliphatic carbocycles. The molecule has 0 heterocycles. The van der Waals surface area contributed by atoms with Crippen LogP contribution in [-0.2, 0) is 9.53 Å². The number of hydrogen-bond donors (Lipinski definition) is 1. The average molecular weight is 406 g/mol. The second-order valence-electron chi connectivity index (χ2n) is 4.97. The van der Waals surface area contributed by atoms with Crippen LogP contribution in [0.1, 0.15) is 16.8 Å². The molecule has 0 bridgehead atoms. The number of carbonyl (C=O) groups is 3. The minimum atomic E-state index is -0.662. The van der Waals surface area contributed by atoms with E-state index in [1.165, 1.54) is 0 Å². The summed E-state index contributed by atoms with van der Waals surface area (Å²) in [7, 11) is 0. The first-order valence-corrected chi connectivity index (χ1v) is 8.29. The van der Waals surface area contributed by atoms with Gasteiger partial charge < -0.3 is 14.8 Å². The zero-order valence-corrected chi connectivity index (χ0v) is 14.8. The number of para-hydroxylation sites is 1. The normalized spacial score (nSPS) is 9.96. The van der Waals surface area contributed by atoms with Crippen molar-refractivity contribution < 1.29 is 23.9 Å². The van der Waals surface area contributed by atoms with E-state index in [4.69, 9.17) is 9.47 Å². The summed E-state index contributed by atoms with van der Waals surface area (Å²) in [5.74, 6) is -0.467. The number of amides is 1. The number of ketones is 1. The molecule has 0 aromatic heterocycles. The van der Waals surface area contributed by atoms with Gasteiger partial charge in [0.2, 0.25) is 0 Å². The number of carbonyl (C=O) groups excluding carboxylic acids is 3. The highest BCUT2D eigenvalue weighted by atomic mass is 79.9. The summed E-state index contributed by atoms with van der Waals surface area (Å²) >= 11 is 3.28. The molecule has 1 N–H and O–H groups in total. The zero-order chi connectivity index (χ0) is 18.1. The molecule has 2 rings (SSSR count). The molecule has 0 saturated carbocycles. The minimum absolute atomic E-state index is 0.0526. The van der Waals surface area contributed by atoms with E-state index in [9.17, 15) is 14.4 Å². The third-order valence-corrected chi connectivity index (χ3v) is 3.61. The van der Waals surface area contributed by atoms with E-state index < -0.39 is 12.1 Å². The summed E-state index contributed by atoms with van der Waals surface area (Å²) in [6.07, 6.45) is -0.720. The minimum Gasteiger partial charge on any atom is -0.457 e. The van der Waals surface area contributed by atoms with Gasteiger partial charge in [-0.2, -0.15) is 0 Å². The van der Waals surface area contributed by atoms with Crippen LogP contribution in [0.3, 0.4) is 0 Å². The van der Waals surface area contributed by atoms with E-state index in [2.05, 4.69) is 21.2 Å². The number of ether oxygens (including phenoxy) is 2. The smallest absolute Gasteiger partial charge is 0.412 e. The Balaban J connectivity index is 1.64. The fourth-order valence-corrected chi connectivity index (χ4v) is 2.10. The lowest BCUT2D eigenvalue weighted by Crippen LogP contribution is -2.29. The standard InChI is InChI=1S/C18H16BrNO5/c19-14-8-6-13(7-9-14)16(21)12-24-17(22)10-11-20-18(23)25-15-4-2-1-3-5-15/h1-9H,10-12H2,(H,20,23). The molecule has 25 heavy (non-hydrogen) atoms. The van der Waals surface area contributed by atoms with E-state index in [0.717, 1.165) is 4.47 Å². The van der Waals surface area contributed by atoms with Gasteiger partial charge in [0.25, 0.3) is 0 Å². The number of nitrogens with one attached hydrogen (secondary N) is 1. The van der Waals surface area contributed by atoms with Crippen LogP contribution in [0.5, 0.6) is 5.75 Å². The highest BCUT2D eigenvalue weighted by Crippen LogP contribution is 2.11. The molecule has 130 valence electrons. The maximum Gasteiger partial charge on any atom is 0.412 e. The predicted octanol–water partition coefficient (Wildman–Crippen LogP) is 3.35. The lowest BCUT2D eigenvalue weighted by molar-refractivity contribution is -0.142. The zero-order valence-electron chi connectivity index (χ0n) is 13.2. The Morgan fingerprint density at radius 1 is 0.960 bits per heavy atom. The number of halogens is 1. The Hall–Kier alpha value is -2.67. The summed E-state index contributed by atoms with van der Waals surface area (Å²) in [5, 5.41) is 2.44. The number of Topliss-reactive ketones (excluding diaryl/α,β-unsaturated/α-hetero) is 1. The van der Waals surface area contributed by atoms with E-state index in [-0.39, 0.29) is 25.4 Å². The predicted molar refractivity (Wildman–Crippen MR) is 94.5 cm³/mol. The number of esters is 1. The van der Waals surface area contributed by atoms with Gasteiger partial charge in [0, 0.05) is 16.6 Å². The number of benzene rings is 2. The molecular formula is C18H16BrNO5. The van der Waals surface area contributed by atoms with Crippen LogP contribution in [0.15, 0.2) is 59.1 Å². The Morgan fingerprint density at radius 2 is 1.64 bits per heavy atom. The number of rotatable bonds is 7. The Kier molecular flexibility index (Phi) is 7.16. The molecule has 6 nitrogen and oxygen atoms in total. The van der Waals surface area contributed by atoms with E-state index in [0.29, 0.717) is 11.3 Å². The summed E-state index contributed by atoms with van der Waals surface area (Å²) in [4.78, 5) is 35.0. The first-order chi connectivity index (χ1) is 12.0. The molecule has 0 fully saturated rings. The lowest BCUT2D eigenvalue weighted by atomic mass is 10.1. The third kappa shape index (κ3) is 6.76. The molecule has 0 saturated heterocycles. The maximum atomic E-state index is 11.9. The second-order valence-corrected chi connectivity index (χ2v) is 5.89. The number of hydrogen-bond acceptors (Lipinski definition) is 5. The molecule has 0 atom stereocenters. The van der Waals surface area contributed by atoms with Crippen molar-refractivity contribution in [2.75, 3.05) is 13.2 Å². The first kappa shape index (κ1) is 18.7. The van der Waals surface area contributed by atoms with Crippen LogP contribution in [-0.4, -0.2) is 31.0 Å². The topological polar surface area (TPSA) is 81.7 Å². The van der Waals surface area contributed by atoms with Gasteiger partial charge in [0.15, 0.2) is 12.4 Å². The largest absolute Gasteiger partial charge is 0.457 e. The lowest BCUT2D eigenvalue weighted by Gasteiger charge is -2.07. The highest BCUT2D eigenvalue weighted by Gasteiger charge is 2.11. The maximum absolute atomic E-state index is 11.9. The molecular weight excluding hydrogens is 390 g/mol. The fraction of sp³-hybridized carbons (Fsp3) is 0.167. The van der Waals surface area contributed by atoms with Crippen molar-refractivity contribution in [1.29, 1.82) is 0 Å². The van der Waals surface area contributed by atoms with Gasteiger partial charge in [-0.3, -0.25) is 9.59 Å². The van der Waals surface area contributed by atoms with Crippen LogP contribution < -0.4 is 10.1 Å². The molecule has 0 aliphatic rings. The van der Waals surface area contributed by atoms with Gasteiger partial charge in [0.1, 0.15) is 5.75 Å².